The third kappa shape index (κ3) is 5.30. The maximum atomic E-state index is 13.7. The number of amides is 1. The quantitative estimate of drug-likeness (QED) is 0.600. The lowest BCUT2D eigenvalue weighted by Crippen LogP contribution is -2.50. The van der Waals surface area contributed by atoms with Gasteiger partial charge in [-0.25, -0.2) is 17.2 Å². The number of carbonyl (C=O) groups excluding carboxylic acids is 1. The predicted molar refractivity (Wildman–Crippen MR) is 110 cm³/mol. The topological polar surface area (TPSA) is 66.9 Å². The Labute approximate surface area is 178 Å². The van der Waals surface area contributed by atoms with Gasteiger partial charge in [0.05, 0.1) is 17.3 Å². The van der Waals surface area contributed by atoms with Crippen LogP contribution in [-0.2, 0) is 14.8 Å². The molecule has 0 atom stereocenters. The molecular formula is C20H22F2N2O4S2. The zero-order valence-corrected chi connectivity index (χ0v) is 18.0. The fraction of sp³-hybridized carbons (Fsp3) is 0.350. The molecule has 1 amide bonds. The first kappa shape index (κ1) is 22.5. The van der Waals surface area contributed by atoms with Crippen molar-refractivity contribution in [2.45, 2.75) is 16.7 Å². The number of benzene rings is 2. The fourth-order valence-corrected chi connectivity index (χ4v) is 5.31. The minimum Gasteiger partial charge on any atom is -0.494 e. The van der Waals surface area contributed by atoms with Crippen LogP contribution in [0, 0.1) is 11.6 Å². The number of hydrogen-bond donors (Lipinski definition) is 0. The molecule has 30 heavy (non-hydrogen) atoms. The van der Waals surface area contributed by atoms with Crippen LogP contribution in [0.4, 0.5) is 8.78 Å². The van der Waals surface area contributed by atoms with Gasteiger partial charge < -0.3 is 9.64 Å². The van der Waals surface area contributed by atoms with E-state index in [4.69, 9.17) is 4.74 Å². The van der Waals surface area contributed by atoms with Crippen molar-refractivity contribution in [3.8, 4) is 5.75 Å². The van der Waals surface area contributed by atoms with Crippen molar-refractivity contribution in [3.63, 3.8) is 0 Å². The number of ether oxygens (including phenoxy) is 1. The van der Waals surface area contributed by atoms with Crippen LogP contribution in [0.25, 0.3) is 0 Å². The second-order valence-corrected chi connectivity index (χ2v) is 9.51. The highest BCUT2D eigenvalue weighted by molar-refractivity contribution is 8.00. The van der Waals surface area contributed by atoms with E-state index in [0.29, 0.717) is 12.4 Å². The number of nitrogens with zero attached hydrogens (tertiary/aromatic N) is 2. The summed E-state index contributed by atoms with van der Waals surface area (Å²) in [5.41, 5.74) is 0. The van der Waals surface area contributed by atoms with Gasteiger partial charge in [0.25, 0.3) is 0 Å². The van der Waals surface area contributed by atoms with Crippen molar-refractivity contribution >= 4 is 27.7 Å². The number of rotatable bonds is 7. The van der Waals surface area contributed by atoms with Crippen LogP contribution >= 0.6 is 11.8 Å². The van der Waals surface area contributed by atoms with E-state index >= 15 is 0 Å². The van der Waals surface area contributed by atoms with E-state index < -0.39 is 21.7 Å². The second kappa shape index (κ2) is 9.76. The van der Waals surface area contributed by atoms with Crippen LogP contribution in [-0.4, -0.2) is 62.1 Å². The second-order valence-electron chi connectivity index (χ2n) is 6.55. The Balaban J connectivity index is 1.55. The number of hydrogen-bond acceptors (Lipinski definition) is 5. The van der Waals surface area contributed by atoms with Crippen molar-refractivity contribution in [2.24, 2.45) is 0 Å². The highest BCUT2D eigenvalue weighted by Gasteiger charge is 2.30. The molecule has 1 fully saturated rings. The molecule has 10 heteroatoms. The van der Waals surface area contributed by atoms with Gasteiger partial charge in [0.1, 0.15) is 17.4 Å². The number of halogens is 2. The Hall–Kier alpha value is -2.17. The molecular weight excluding hydrogens is 434 g/mol. The van der Waals surface area contributed by atoms with Gasteiger partial charge in [-0.2, -0.15) is 4.31 Å². The summed E-state index contributed by atoms with van der Waals surface area (Å²) in [5.74, 6) is -0.854. The molecule has 1 aliphatic heterocycles. The number of thioether (sulfide) groups is 1. The van der Waals surface area contributed by atoms with E-state index in [1.807, 2.05) is 6.92 Å². The average molecular weight is 457 g/mol. The summed E-state index contributed by atoms with van der Waals surface area (Å²) in [4.78, 5) is 14.2. The molecule has 1 aliphatic rings. The molecule has 1 saturated heterocycles. The van der Waals surface area contributed by atoms with Crippen LogP contribution in [0.15, 0.2) is 52.3 Å². The number of sulfonamides is 1. The first-order chi connectivity index (χ1) is 14.3. The summed E-state index contributed by atoms with van der Waals surface area (Å²) in [6.45, 7) is 3.15. The average Bonchev–Trinajstić information content (AvgIpc) is 2.75. The lowest BCUT2D eigenvalue weighted by molar-refractivity contribution is -0.129. The van der Waals surface area contributed by atoms with Gasteiger partial charge in [-0.15, -0.1) is 11.8 Å². The van der Waals surface area contributed by atoms with Gasteiger partial charge in [0.15, 0.2) is 0 Å². The van der Waals surface area contributed by atoms with Crippen molar-refractivity contribution in [1.29, 1.82) is 0 Å². The minimum absolute atomic E-state index is 0.0496. The molecule has 0 unspecified atom stereocenters. The fourth-order valence-electron chi connectivity index (χ4n) is 3.02. The predicted octanol–water partition coefficient (Wildman–Crippen LogP) is 2.99. The lowest BCUT2D eigenvalue weighted by atomic mass is 10.3. The summed E-state index contributed by atoms with van der Waals surface area (Å²) in [6, 6.07) is 9.31. The third-order valence-corrected chi connectivity index (χ3v) is 7.54. The van der Waals surface area contributed by atoms with Crippen LogP contribution in [0.3, 0.4) is 0 Å². The SMILES string of the molecule is CCOc1ccc(S(=O)(=O)N2CCN(C(=O)CSc3cc(F)ccc3F)CC2)cc1. The van der Waals surface area contributed by atoms with E-state index in [0.717, 1.165) is 30.0 Å². The maximum absolute atomic E-state index is 13.7. The number of piperazine rings is 1. The summed E-state index contributed by atoms with van der Waals surface area (Å²) in [6.07, 6.45) is 0. The van der Waals surface area contributed by atoms with Crippen molar-refractivity contribution in [3.05, 3.63) is 54.1 Å². The van der Waals surface area contributed by atoms with Gasteiger partial charge >= 0.3 is 0 Å². The first-order valence-corrected chi connectivity index (χ1v) is 11.8. The molecule has 3 rings (SSSR count). The van der Waals surface area contributed by atoms with E-state index in [1.165, 1.54) is 21.3 Å². The molecule has 6 nitrogen and oxygen atoms in total. The largest absolute Gasteiger partial charge is 0.494 e. The summed E-state index contributed by atoms with van der Waals surface area (Å²) in [5, 5.41) is 0. The highest BCUT2D eigenvalue weighted by Crippen LogP contribution is 2.24. The van der Waals surface area contributed by atoms with E-state index in [2.05, 4.69) is 0 Å². The van der Waals surface area contributed by atoms with E-state index in [-0.39, 0.29) is 47.6 Å². The summed E-state index contributed by atoms with van der Waals surface area (Å²) in [7, 11) is -3.67. The van der Waals surface area contributed by atoms with Crippen LogP contribution in [0.5, 0.6) is 5.75 Å². The molecule has 0 bridgehead atoms. The minimum atomic E-state index is -3.67. The molecule has 162 valence electrons. The van der Waals surface area contributed by atoms with Crippen molar-refractivity contribution in [1.82, 2.24) is 9.21 Å². The monoisotopic (exact) mass is 456 g/mol. The van der Waals surface area contributed by atoms with Gasteiger partial charge in [-0.3, -0.25) is 4.79 Å². The molecule has 2 aromatic rings. The maximum Gasteiger partial charge on any atom is 0.243 e. The lowest BCUT2D eigenvalue weighted by Gasteiger charge is -2.34. The normalized spacial score (nSPS) is 15.2. The van der Waals surface area contributed by atoms with Gasteiger partial charge in [0.2, 0.25) is 15.9 Å². The van der Waals surface area contributed by atoms with Crippen molar-refractivity contribution < 1.29 is 26.7 Å². The van der Waals surface area contributed by atoms with E-state index in [1.54, 1.807) is 12.1 Å². The number of carbonyl (C=O) groups is 1. The Morgan fingerprint density at radius 1 is 1.07 bits per heavy atom. The Bertz CT molecular complexity index is 992. The van der Waals surface area contributed by atoms with Gasteiger partial charge in [-0.05, 0) is 49.4 Å². The zero-order valence-electron chi connectivity index (χ0n) is 16.4. The van der Waals surface area contributed by atoms with Crippen LogP contribution in [0.2, 0.25) is 0 Å². The highest BCUT2D eigenvalue weighted by atomic mass is 32.2. The molecule has 0 aromatic heterocycles. The zero-order chi connectivity index (χ0) is 21.7. The summed E-state index contributed by atoms with van der Waals surface area (Å²) >= 11 is 0.922. The molecule has 0 radical (unpaired) electrons. The van der Waals surface area contributed by atoms with Crippen LogP contribution in [0.1, 0.15) is 6.92 Å². The van der Waals surface area contributed by atoms with Gasteiger partial charge in [-0.1, -0.05) is 0 Å². The molecule has 2 aromatic carbocycles. The Morgan fingerprint density at radius 2 is 1.73 bits per heavy atom. The third-order valence-electron chi connectivity index (χ3n) is 4.61. The molecule has 0 N–H and O–H groups in total. The summed E-state index contributed by atoms with van der Waals surface area (Å²) < 4.78 is 59.2. The van der Waals surface area contributed by atoms with E-state index in [9.17, 15) is 22.0 Å². The molecule has 0 spiro atoms. The van der Waals surface area contributed by atoms with Crippen LogP contribution < -0.4 is 4.74 Å². The first-order valence-electron chi connectivity index (χ1n) is 9.40. The Morgan fingerprint density at radius 3 is 2.37 bits per heavy atom. The molecule has 1 heterocycles. The molecule has 0 aliphatic carbocycles. The Kier molecular flexibility index (Phi) is 7.32. The smallest absolute Gasteiger partial charge is 0.243 e. The molecule has 0 saturated carbocycles. The van der Waals surface area contributed by atoms with Gasteiger partial charge in [0, 0.05) is 31.1 Å². The van der Waals surface area contributed by atoms with Crippen molar-refractivity contribution in [2.75, 3.05) is 38.5 Å². The standard InChI is InChI=1S/C20H22F2N2O4S2/c1-2-28-16-4-6-17(7-5-16)30(26,27)24-11-9-23(10-12-24)20(25)14-29-19-13-15(21)3-8-18(19)22/h3-8,13H,2,9-12,14H2,1H3.